The second-order valence-electron chi connectivity index (χ2n) is 7.83. The van der Waals surface area contributed by atoms with E-state index in [0.29, 0.717) is 41.9 Å². The molecule has 2 heterocycles. The number of aryl methyl sites for hydroxylation is 2. The Labute approximate surface area is 178 Å². The fourth-order valence-electron chi connectivity index (χ4n) is 3.56. The number of nitrogens with zero attached hydrogens (tertiary/aromatic N) is 5. The van der Waals surface area contributed by atoms with E-state index in [1.165, 1.54) is 24.3 Å². The van der Waals surface area contributed by atoms with E-state index in [1.807, 2.05) is 37.9 Å². The first-order valence-corrected chi connectivity index (χ1v) is 10.5. The molecule has 30 heavy (non-hydrogen) atoms. The van der Waals surface area contributed by atoms with Crippen LogP contribution in [-0.4, -0.2) is 46.9 Å². The molecule has 3 rings (SSSR count). The van der Waals surface area contributed by atoms with E-state index < -0.39 is 0 Å². The lowest BCUT2D eigenvalue weighted by Crippen LogP contribution is -2.35. The van der Waals surface area contributed by atoms with Crippen molar-refractivity contribution >= 4 is 11.6 Å². The predicted octanol–water partition coefficient (Wildman–Crippen LogP) is 2.62. The Bertz CT molecular complexity index is 872. The van der Waals surface area contributed by atoms with Gasteiger partial charge in [-0.3, -0.25) is 0 Å². The van der Waals surface area contributed by atoms with Crippen LogP contribution in [0.3, 0.4) is 0 Å². The van der Waals surface area contributed by atoms with Gasteiger partial charge in [0.2, 0.25) is 5.89 Å². The molecule has 0 spiro atoms. The molecule has 0 radical (unpaired) electrons. The van der Waals surface area contributed by atoms with Crippen LogP contribution in [0.5, 0.6) is 5.75 Å². The van der Waals surface area contributed by atoms with Gasteiger partial charge in [-0.15, -0.1) is 0 Å². The minimum absolute atomic E-state index is 0.278. The highest BCUT2D eigenvalue weighted by atomic mass is 16.5. The molecule has 4 N–H and O–H groups in total. The first-order chi connectivity index (χ1) is 14.4. The molecule has 0 bridgehead atoms. The summed E-state index contributed by atoms with van der Waals surface area (Å²) in [5, 5.41) is 5.49. The number of hydrogen-bond acceptors (Lipinski definition) is 9. The standard InChI is InChI=1S/C21H33N7O2/c1-5-19-25-21(26-30-19)27(3)13-17(28(4)23)20(22)16-11-12-18(14(2)24-16)29-15-9-7-6-8-10-15/h11-12,15H,5-10,13,22-23H2,1-4H3/b20-17-. The van der Waals surface area contributed by atoms with Crippen molar-refractivity contribution in [3.63, 3.8) is 0 Å². The molecule has 164 valence electrons. The van der Waals surface area contributed by atoms with Crippen molar-refractivity contribution in [2.45, 2.75) is 58.5 Å². The first-order valence-electron chi connectivity index (χ1n) is 10.5. The largest absolute Gasteiger partial charge is 0.489 e. The minimum atomic E-state index is 0.278. The number of likely N-dealkylation sites (N-methyl/N-ethyl adjacent to an activating group) is 2. The number of ether oxygens (including phenoxy) is 1. The van der Waals surface area contributed by atoms with Crippen LogP contribution < -0.4 is 21.2 Å². The Morgan fingerprint density at radius 1 is 1.20 bits per heavy atom. The lowest BCUT2D eigenvalue weighted by molar-refractivity contribution is 0.153. The highest BCUT2D eigenvalue weighted by molar-refractivity contribution is 5.64. The van der Waals surface area contributed by atoms with Crippen molar-refractivity contribution in [3.05, 3.63) is 35.1 Å². The molecule has 0 aliphatic heterocycles. The van der Waals surface area contributed by atoms with E-state index in [4.69, 9.17) is 20.8 Å². The van der Waals surface area contributed by atoms with E-state index in [9.17, 15) is 0 Å². The van der Waals surface area contributed by atoms with Crippen LogP contribution >= 0.6 is 0 Å². The van der Waals surface area contributed by atoms with Gasteiger partial charge in [0.1, 0.15) is 5.75 Å². The Kier molecular flexibility index (Phi) is 7.15. The van der Waals surface area contributed by atoms with E-state index in [1.54, 1.807) is 7.05 Å². The van der Waals surface area contributed by atoms with Crippen LogP contribution in [0.15, 0.2) is 22.4 Å². The Morgan fingerprint density at radius 2 is 1.93 bits per heavy atom. The van der Waals surface area contributed by atoms with Gasteiger partial charge in [0.05, 0.1) is 35.4 Å². The molecule has 0 saturated heterocycles. The van der Waals surface area contributed by atoms with Gasteiger partial charge >= 0.3 is 0 Å². The summed E-state index contributed by atoms with van der Waals surface area (Å²) >= 11 is 0. The van der Waals surface area contributed by atoms with E-state index in [0.717, 1.165) is 24.3 Å². The fourth-order valence-corrected chi connectivity index (χ4v) is 3.56. The minimum Gasteiger partial charge on any atom is -0.489 e. The van der Waals surface area contributed by atoms with Gasteiger partial charge in [-0.25, -0.2) is 10.8 Å². The monoisotopic (exact) mass is 415 g/mol. The quantitative estimate of drug-likeness (QED) is 0.495. The topological polar surface area (TPSA) is 120 Å². The van der Waals surface area contributed by atoms with E-state index >= 15 is 0 Å². The summed E-state index contributed by atoms with van der Waals surface area (Å²) < 4.78 is 11.4. The molecule has 9 nitrogen and oxygen atoms in total. The number of pyridine rings is 1. The second-order valence-corrected chi connectivity index (χ2v) is 7.83. The van der Waals surface area contributed by atoms with Crippen LogP contribution in [0.2, 0.25) is 0 Å². The van der Waals surface area contributed by atoms with Gasteiger partial charge in [-0.2, -0.15) is 4.98 Å². The Balaban J connectivity index is 1.78. The molecule has 0 atom stereocenters. The molecule has 1 aliphatic rings. The fraction of sp³-hybridized carbons (Fsp3) is 0.571. The summed E-state index contributed by atoms with van der Waals surface area (Å²) in [4.78, 5) is 10.9. The number of rotatable bonds is 8. The lowest BCUT2D eigenvalue weighted by atomic mass is 9.98. The third kappa shape index (κ3) is 5.21. The zero-order valence-corrected chi connectivity index (χ0v) is 18.4. The van der Waals surface area contributed by atoms with Gasteiger partial charge in [0.15, 0.2) is 0 Å². The predicted molar refractivity (Wildman–Crippen MR) is 116 cm³/mol. The highest BCUT2D eigenvalue weighted by Gasteiger charge is 2.19. The van der Waals surface area contributed by atoms with Crippen LogP contribution in [-0.2, 0) is 6.42 Å². The van der Waals surface area contributed by atoms with Crippen LogP contribution in [0, 0.1) is 6.92 Å². The summed E-state index contributed by atoms with van der Waals surface area (Å²) in [6.07, 6.45) is 6.92. The van der Waals surface area contributed by atoms with Crippen molar-refractivity contribution in [1.29, 1.82) is 0 Å². The first kappa shape index (κ1) is 21.9. The van der Waals surface area contributed by atoms with Crippen molar-refractivity contribution in [2.24, 2.45) is 11.6 Å². The van der Waals surface area contributed by atoms with Crippen molar-refractivity contribution in [3.8, 4) is 5.75 Å². The third-order valence-corrected chi connectivity index (χ3v) is 5.38. The maximum Gasteiger partial charge on any atom is 0.266 e. The van der Waals surface area contributed by atoms with Crippen molar-refractivity contribution in [1.82, 2.24) is 20.1 Å². The summed E-state index contributed by atoms with van der Waals surface area (Å²) in [7, 11) is 3.61. The molecule has 1 fully saturated rings. The Hall–Kier alpha value is -2.81. The van der Waals surface area contributed by atoms with Gasteiger partial charge < -0.3 is 24.9 Å². The van der Waals surface area contributed by atoms with Gasteiger partial charge in [0.25, 0.3) is 5.95 Å². The summed E-state index contributed by atoms with van der Waals surface area (Å²) in [5.41, 5.74) is 9.14. The molecule has 2 aromatic rings. The van der Waals surface area contributed by atoms with E-state index in [-0.39, 0.29) is 6.10 Å². The molecule has 2 aromatic heterocycles. The zero-order chi connectivity index (χ0) is 21.7. The van der Waals surface area contributed by atoms with Gasteiger partial charge in [0, 0.05) is 20.5 Å². The van der Waals surface area contributed by atoms with Gasteiger partial charge in [-0.1, -0.05) is 13.3 Å². The average molecular weight is 416 g/mol. The molecule has 0 aromatic carbocycles. The molecular weight excluding hydrogens is 382 g/mol. The summed E-state index contributed by atoms with van der Waals surface area (Å²) in [6, 6.07) is 3.83. The Morgan fingerprint density at radius 3 is 2.53 bits per heavy atom. The van der Waals surface area contributed by atoms with Crippen LogP contribution in [0.1, 0.15) is 56.3 Å². The number of aromatic nitrogens is 3. The molecular formula is C21H33N7O2. The molecule has 0 unspecified atom stereocenters. The summed E-state index contributed by atoms with van der Waals surface area (Å²) in [5.74, 6) is 7.96. The summed E-state index contributed by atoms with van der Waals surface area (Å²) in [6.45, 7) is 4.31. The highest BCUT2D eigenvalue weighted by Crippen LogP contribution is 2.26. The average Bonchev–Trinajstić information content (AvgIpc) is 3.23. The molecule has 0 amide bonds. The number of hydrazine groups is 1. The van der Waals surface area contributed by atoms with E-state index in [2.05, 4.69) is 15.1 Å². The number of nitrogens with two attached hydrogens (primary N) is 2. The van der Waals surface area contributed by atoms with Gasteiger partial charge in [-0.05, 0) is 49.9 Å². The SMILES string of the molecule is CCc1nc(N(C)C/C(=C(/N)c2ccc(OC3CCCCC3)c(C)n2)N(C)N)no1. The molecule has 1 aliphatic carbocycles. The lowest BCUT2D eigenvalue weighted by Gasteiger charge is -2.25. The maximum atomic E-state index is 6.46. The molecule has 1 saturated carbocycles. The van der Waals surface area contributed by atoms with Crippen molar-refractivity contribution < 1.29 is 9.26 Å². The van der Waals surface area contributed by atoms with Crippen molar-refractivity contribution in [2.75, 3.05) is 25.5 Å². The third-order valence-electron chi connectivity index (χ3n) is 5.38. The smallest absolute Gasteiger partial charge is 0.266 e. The maximum absolute atomic E-state index is 6.46. The zero-order valence-electron chi connectivity index (χ0n) is 18.4. The number of anilines is 1. The molecule has 9 heteroatoms. The van der Waals surface area contributed by atoms with Crippen LogP contribution in [0.25, 0.3) is 5.70 Å². The number of hydrogen-bond donors (Lipinski definition) is 2. The normalized spacial score (nSPS) is 15.6. The second kappa shape index (κ2) is 9.80. The van der Waals surface area contributed by atoms with Crippen LogP contribution in [0.4, 0.5) is 5.95 Å².